The third kappa shape index (κ3) is 39.4. The Labute approximate surface area is 328 Å². The maximum atomic E-state index is 12.6. The molecule has 1 unspecified atom stereocenters. The Morgan fingerprint density at radius 2 is 1.06 bits per heavy atom. The third-order valence-corrected chi connectivity index (χ3v) is 9.41. The second-order valence-electron chi connectivity index (χ2n) is 13.6. The van der Waals surface area contributed by atoms with E-state index in [-0.39, 0.29) is 39.2 Å². The zero-order chi connectivity index (χ0) is 39.6. The van der Waals surface area contributed by atoms with E-state index in [2.05, 4.69) is 61.6 Å². The van der Waals surface area contributed by atoms with Crippen LogP contribution in [0.2, 0.25) is 0 Å². The Hall–Kier alpha value is -2.33. The molecule has 0 aliphatic carbocycles. The van der Waals surface area contributed by atoms with Crippen molar-refractivity contribution in [3.05, 3.63) is 60.8 Å². The van der Waals surface area contributed by atoms with E-state index in [1.807, 2.05) is 6.08 Å². The molecule has 11 heteroatoms. The van der Waals surface area contributed by atoms with Gasteiger partial charge in [0.2, 0.25) is 0 Å². The monoisotopic (exact) mass is 782 g/mol. The molecule has 0 heterocycles. The predicted octanol–water partition coefficient (Wildman–Crippen LogP) is 10.7. The van der Waals surface area contributed by atoms with Gasteiger partial charge in [-0.25, -0.2) is 4.57 Å². The van der Waals surface area contributed by atoms with Gasteiger partial charge in [0.05, 0.1) is 13.2 Å². The quantitative estimate of drug-likeness (QED) is 0.0237. The molecule has 0 saturated heterocycles. The van der Waals surface area contributed by atoms with Gasteiger partial charge in [-0.3, -0.25) is 18.6 Å². The van der Waals surface area contributed by atoms with Crippen molar-refractivity contribution in [1.29, 1.82) is 0 Å². The molecule has 2 atom stereocenters. The van der Waals surface area contributed by atoms with Crippen molar-refractivity contribution in [3.8, 4) is 0 Å². The highest BCUT2D eigenvalue weighted by atomic mass is 31.2. The summed E-state index contributed by atoms with van der Waals surface area (Å²) in [6, 6.07) is 0. The van der Waals surface area contributed by atoms with E-state index in [1.54, 1.807) is 0 Å². The van der Waals surface area contributed by atoms with Crippen LogP contribution < -0.4 is 5.73 Å². The normalized spacial score (nSPS) is 13.9. The summed E-state index contributed by atoms with van der Waals surface area (Å²) in [6.07, 6.45) is 44.1. The van der Waals surface area contributed by atoms with Gasteiger partial charge in [-0.2, -0.15) is 0 Å². The van der Waals surface area contributed by atoms with Crippen LogP contribution >= 0.6 is 7.82 Å². The molecule has 4 N–H and O–H groups in total. The number of esters is 2. The Morgan fingerprint density at radius 1 is 0.593 bits per heavy atom. The van der Waals surface area contributed by atoms with Crippen molar-refractivity contribution in [2.45, 2.75) is 167 Å². The summed E-state index contributed by atoms with van der Waals surface area (Å²) in [4.78, 5) is 34.8. The second-order valence-corrected chi connectivity index (χ2v) is 15.0. The highest BCUT2D eigenvalue weighted by Crippen LogP contribution is 2.43. The maximum Gasteiger partial charge on any atom is 0.472 e. The van der Waals surface area contributed by atoms with Gasteiger partial charge in [-0.1, -0.05) is 125 Å². The molecule has 0 aromatic heterocycles. The number of phosphoric ester groups is 1. The van der Waals surface area contributed by atoms with Crippen molar-refractivity contribution in [3.63, 3.8) is 0 Å². The first kappa shape index (κ1) is 51.7. The Balaban J connectivity index is 4.28. The average Bonchev–Trinajstić information content (AvgIpc) is 3.16. The van der Waals surface area contributed by atoms with Crippen molar-refractivity contribution in [2.24, 2.45) is 5.73 Å². The molecule has 0 aliphatic rings. The fourth-order valence-corrected chi connectivity index (χ4v) is 6.07. The Bertz CT molecular complexity index is 1070. The molecule has 312 valence electrons. The summed E-state index contributed by atoms with van der Waals surface area (Å²) in [7, 11) is -4.40. The van der Waals surface area contributed by atoms with Gasteiger partial charge < -0.3 is 25.2 Å². The van der Waals surface area contributed by atoms with Gasteiger partial charge in [0.25, 0.3) is 0 Å². The number of allylic oxidation sites excluding steroid dienone is 10. The molecule has 0 aromatic carbocycles. The molecule has 0 aliphatic heterocycles. The largest absolute Gasteiger partial charge is 0.472 e. The number of nitrogens with two attached hydrogens (primary N) is 1. The number of carbonyl (C=O) groups excluding carboxylic acids is 2. The first-order valence-corrected chi connectivity index (χ1v) is 22.4. The van der Waals surface area contributed by atoms with Crippen LogP contribution in [0.5, 0.6) is 0 Å². The van der Waals surface area contributed by atoms with Crippen LogP contribution in [0.1, 0.15) is 161 Å². The Kier molecular flexibility index (Phi) is 38.6. The maximum absolute atomic E-state index is 12.6. The lowest BCUT2D eigenvalue weighted by atomic mass is 10.1. The van der Waals surface area contributed by atoms with E-state index < -0.39 is 32.5 Å². The molecule has 0 spiro atoms. The zero-order valence-electron chi connectivity index (χ0n) is 33.6. The number of ether oxygens (including phenoxy) is 2. The molecule has 0 bridgehead atoms. The van der Waals surface area contributed by atoms with Crippen LogP contribution in [-0.4, -0.2) is 61.0 Å². The number of rotatable bonds is 39. The van der Waals surface area contributed by atoms with Crippen LogP contribution in [0.4, 0.5) is 0 Å². The first-order chi connectivity index (χ1) is 26.3. The molecular weight excluding hydrogens is 705 g/mol. The molecule has 54 heavy (non-hydrogen) atoms. The van der Waals surface area contributed by atoms with Crippen LogP contribution in [0.15, 0.2) is 60.8 Å². The highest BCUT2D eigenvalue weighted by Gasteiger charge is 2.25. The van der Waals surface area contributed by atoms with Gasteiger partial charge in [0, 0.05) is 26.0 Å². The van der Waals surface area contributed by atoms with Gasteiger partial charge in [-0.15, -0.1) is 0 Å². The fraction of sp³-hybridized carbons (Fsp3) is 0.721. The number of hydrogen-bond donors (Lipinski definition) is 3. The summed E-state index contributed by atoms with van der Waals surface area (Å²) >= 11 is 0. The molecule has 0 aromatic rings. The SMILES string of the molecule is CCCCCC/C=C\CCCCCCCCCC(=O)O[C@H](COC(=O)CCC/C=C\C/C=C\C/C=C\C/C=C\CCCCCO)COP(=O)(O)OCCN. The zero-order valence-corrected chi connectivity index (χ0v) is 34.5. The predicted molar refractivity (Wildman–Crippen MR) is 221 cm³/mol. The van der Waals surface area contributed by atoms with Crippen molar-refractivity contribution >= 4 is 19.8 Å². The number of carbonyl (C=O) groups is 2. The fourth-order valence-electron chi connectivity index (χ4n) is 5.31. The molecule has 0 saturated carbocycles. The molecule has 0 fully saturated rings. The topological polar surface area (TPSA) is 155 Å². The third-order valence-electron chi connectivity index (χ3n) is 8.43. The van der Waals surface area contributed by atoms with E-state index in [0.29, 0.717) is 12.8 Å². The van der Waals surface area contributed by atoms with E-state index in [9.17, 15) is 19.0 Å². The highest BCUT2D eigenvalue weighted by molar-refractivity contribution is 7.47. The minimum absolute atomic E-state index is 0.0388. The number of unbranched alkanes of at least 4 members (excludes halogenated alkanes) is 15. The molecule has 0 rings (SSSR count). The number of aliphatic hydroxyl groups is 1. The van der Waals surface area contributed by atoms with Crippen molar-refractivity contribution in [1.82, 2.24) is 0 Å². The number of hydrogen-bond acceptors (Lipinski definition) is 9. The van der Waals surface area contributed by atoms with Crippen LogP contribution in [0.3, 0.4) is 0 Å². The lowest BCUT2D eigenvalue weighted by Crippen LogP contribution is -2.29. The summed E-state index contributed by atoms with van der Waals surface area (Å²) in [5.74, 6) is -0.918. The second kappa shape index (κ2) is 40.3. The first-order valence-electron chi connectivity index (χ1n) is 20.9. The molecule has 0 radical (unpaired) electrons. The summed E-state index contributed by atoms with van der Waals surface area (Å²) in [5.41, 5.74) is 5.33. The van der Waals surface area contributed by atoms with E-state index in [4.69, 9.17) is 29.4 Å². The Morgan fingerprint density at radius 3 is 1.61 bits per heavy atom. The minimum Gasteiger partial charge on any atom is -0.462 e. The van der Waals surface area contributed by atoms with Gasteiger partial charge in [-0.05, 0) is 83.5 Å². The summed E-state index contributed by atoms with van der Waals surface area (Å²) < 4.78 is 32.7. The smallest absolute Gasteiger partial charge is 0.462 e. The lowest BCUT2D eigenvalue weighted by molar-refractivity contribution is -0.161. The van der Waals surface area contributed by atoms with Crippen LogP contribution in [-0.2, 0) is 32.7 Å². The minimum atomic E-state index is -4.40. The lowest BCUT2D eigenvalue weighted by Gasteiger charge is -2.19. The van der Waals surface area contributed by atoms with E-state index in [0.717, 1.165) is 77.0 Å². The van der Waals surface area contributed by atoms with Crippen molar-refractivity contribution < 1.29 is 42.7 Å². The van der Waals surface area contributed by atoms with Gasteiger partial charge in [0.1, 0.15) is 6.61 Å². The summed E-state index contributed by atoms with van der Waals surface area (Å²) in [5, 5.41) is 8.78. The van der Waals surface area contributed by atoms with Crippen molar-refractivity contribution in [2.75, 3.05) is 33.0 Å². The van der Waals surface area contributed by atoms with Crippen LogP contribution in [0.25, 0.3) is 0 Å². The molecular formula is C43H76NO9P. The molecule has 0 amide bonds. The van der Waals surface area contributed by atoms with Gasteiger partial charge in [0.15, 0.2) is 6.10 Å². The number of phosphoric acid groups is 1. The van der Waals surface area contributed by atoms with E-state index >= 15 is 0 Å². The standard InChI is InChI=1S/C43H76NO9P/c1-2-3-4-5-6-7-8-9-13-17-20-23-26-29-32-35-43(47)53-41(40-52-54(48,49)51-38-36-44)39-50-42(46)34-31-28-25-22-19-16-14-11-10-12-15-18-21-24-27-30-33-37-45/h7-8,10,12,14,16,18,21-22,25,41,45H,2-6,9,11,13,15,17,19-20,23-24,26-40,44H2,1H3,(H,48,49)/b8-7-,12-10-,16-14-,21-18-,25-22-/t41-/m1/s1. The van der Waals surface area contributed by atoms with E-state index in [1.165, 1.54) is 51.4 Å². The summed E-state index contributed by atoms with van der Waals surface area (Å²) in [6.45, 7) is 1.64. The number of aliphatic hydroxyl groups excluding tert-OH is 1. The molecule has 10 nitrogen and oxygen atoms in total. The van der Waals surface area contributed by atoms with Gasteiger partial charge >= 0.3 is 19.8 Å². The van der Waals surface area contributed by atoms with Crippen LogP contribution in [0, 0.1) is 0 Å². The average molecular weight is 782 g/mol.